The third-order valence-electron chi connectivity index (χ3n) is 5.25. The quantitative estimate of drug-likeness (QED) is 0.908. The van der Waals surface area contributed by atoms with Crippen LogP contribution in [0.25, 0.3) is 0 Å². The number of aromatic amines is 1. The molecule has 26 heavy (non-hydrogen) atoms. The lowest BCUT2D eigenvalue weighted by Crippen LogP contribution is -2.48. The maximum Gasteiger partial charge on any atom is 0.274 e. The Morgan fingerprint density at radius 3 is 2.69 bits per heavy atom. The molecule has 1 saturated heterocycles. The standard InChI is InChI=1S/C19H25N5O2/c1-13-11-16-17(14(2)26-13)21-22-18(16)19(25)24-9-7-23(8-10-24)12-15-3-5-20-6-4-15/h3-6,13-14H,7-12H2,1-2H3,(H,21,22)/t13-,14+/m1/s1. The summed E-state index contributed by atoms with van der Waals surface area (Å²) in [5, 5.41) is 7.35. The fraction of sp³-hybridized carbons (Fsp3) is 0.526. The van der Waals surface area contributed by atoms with Gasteiger partial charge < -0.3 is 9.64 Å². The Morgan fingerprint density at radius 2 is 1.96 bits per heavy atom. The Hall–Kier alpha value is -2.25. The normalized spacial score (nSPS) is 23.7. The summed E-state index contributed by atoms with van der Waals surface area (Å²) in [6.07, 6.45) is 4.45. The number of pyridine rings is 1. The van der Waals surface area contributed by atoms with Gasteiger partial charge in [-0.25, -0.2) is 0 Å². The summed E-state index contributed by atoms with van der Waals surface area (Å²) >= 11 is 0. The summed E-state index contributed by atoms with van der Waals surface area (Å²) in [5.74, 6) is 0.0346. The first kappa shape index (κ1) is 17.2. The smallest absolute Gasteiger partial charge is 0.274 e. The van der Waals surface area contributed by atoms with Gasteiger partial charge in [0.25, 0.3) is 5.91 Å². The van der Waals surface area contributed by atoms with Gasteiger partial charge in [-0.05, 0) is 31.5 Å². The zero-order chi connectivity index (χ0) is 18.1. The molecule has 0 bridgehead atoms. The molecule has 1 amide bonds. The van der Waals surface area contributed by atoms with Crippen LogP contribution in [-0.4, -0.2) is 63.2 Å². The van der Waals surface area contributed by atoms with Crippen LogP contribution in [0.15, 0.2) is 24.5 Å². The molecule has 7 heteroatoms. The summed E-state index contributed by atoms with van der Waals surface area (Å²) < 4.78 is 5.81. The van der Waals surface area contributed by atoms with Gasteiger partial charge in [-0.3, -0.25) is 19.8 Å². The second kappa shape index (κ2) is 7.17. The SMILES string of the molecule is C[C@@H]1Cc2c(C(=O)N3CCN(Cc4ccncc4)CC3)n[nH]c2[C@H](C)O1. The molecule has 1 fully saturated rings. The van der Waals surface area contributed by atoms with Crippen molar-refractivity contribution >= 4 is 5.91 Å². The van der Waals surface area contributed by atoms with Crippen molar-refractivity contribution in [2.45, 2.75) is 39.0 Å². The van der Waals surface area contributed by atoms with E-state index in [-0.39, 0.29) is 18.1 Å². The van der Waals surface area contributed by atoms with Crippen LogP contribution in [0.3, 0.4) is 0 Å². The molecule has 2 aromatic rings. The highest BCUT2D eigenvalue weighted by atomic mass is 16.5. The van der Waals surface area contributed by atoms with Crippen molar-refractivity contribution < 1.29 is 9.53 Å². The van der Waals surface area contributed by atoms with Gasteiger partial charge >= 0.3 is 0 Å². The van der Waals surface area contributed by atoms with Crippen LogP contribution in [0.5, 0.6) is 0 Å². The van der Waals surface area contributed by atoms with Crippen molar-refractivity contribution in [3.63, 3.8) is 0 Å². The first-order chi connectivity index (χ1) is 12.6. The number of amides is 1. The lowest BCUT2D eigenvalue weighted by atomic mass is 9.99. The van der Waals surface area contributed by atoms with Crippen LogP contribution < -0.4 is 0 Å². The fourth-order valence-electron chi connectivity index (χ4n) is 3.86. The zero-order valence-electron chi connectivity index (χ0n) is 15.3. The number of H-pyrrole nitrogens is 1. The van der Waals surface area contributed by atoms with Gasteiger partial charge in [0.15, 0.2) is 5.69 Å². The second-order valence-electron chi connectivity index (χ2n) is 7.18. The number of ether oxygens (including phenoxy) is 1. The number of fused-ring (bicyclic) bond motifs is 1. The Bertz CT molecular complexity index is 767. The number of nitrogens with zero attached hydrogens (tertiary/aromatic N) is 4. The van der Waals surface area contributed by atoms with Gasteiger partial charge in [0, 0.05) is 57.1 Å². The Morgan fingerprint density at radius 1 is 1.23 bits per heavy atom. The van der Waals surface area contributed by atoms with E-state index in [2.05, 4.69) is 20.1 Å². The topological polar surface area (TPSA) is 74.4 Å². The molecule has 0 spiro atoms. The molecule has 7 nitrogen and oxygen atoms in total. The lowest BCUT2D eigenvalue weighted by Gasteiger charge is -2.34. The minimum atomic E-state index is -0.0417. The largest absolute Gasteiger partial charge is 0.369 e. The fourth-order valence-corrected chi connectivity index (χ4v) is 3.86. The van der Waals surface area contributed by atoms with Crippen molar-refractivity contribution in [3.8, 4) is 0 Å². The molecule has 2 atom stereocenters. The van der Waals surface area contributed by atoms with Crippen LogP contribution in [-0.2, 0) is 17.7 Å². The summed E-state index contributed by atoms with van der Waals surface area (Å²) in [7, 11) is 0. The highest BCUT2D eigenvalue weighted by Gasteiger charge is 2.32. The monoisotopic (exact) mass is 355 g/mol. The molecule has 0 aliphatic carbocycles. The van der Waals surface area contributed by atoms with Crippen LogP contribution in [0.1, 0.15) is 47.3 Å². The molecule has 0 radical (unpaired) electrons. The number of aromatic nitrogens is 3. The van der Waals surface area contributed by atoms with E-state index in [4.69, 9.17) is 4.74 Å². The van der Waals surface area contributed by atoms with Crippen LogP contribution >= 0.6 is 0 Å². The van der Waals surface area contributed by atoms with Gasteiger partial charge in [-0.2, -0.15) is 5.10 Å². The lowest BCUT2D eigenvalue weighted by molar-refractivity contribution is -0.00704. The Labute approximate surface area is 153 Å². The van der Waals surface area contributed by atoms with Gasteiger partial charge in [-0.15, -0.1) is 0 Å². The van der Waals surface area contributed by atoms with E-state index in [1.54, 1.807) is 0 Å². The van der Waals surface area contributed by atoms with Crippen LogP contribution in [0.4, 0.5) is 0 Å². The molecule has 0 aromatic carbocycles. The molecule has 138 valence electrons. The van der Waals surface area contributed by atoms with Crippen molar-refractivity contribution in [1.82, 2.24) is 25.0 Å². The average Bonchev–Trinajstić information content (AvgIpc) is 3.07. The molecule has 4 rings (SSSR count). The number of carbonyl (C=O) groups is 1. The van der Waals surface area contributed by atoms with Crippen LogP contribution in [0, 0.1) is 0 Å². The summed E-state index contributed by atoms with van der Waals surface area (Å²) in [6.45, 7) is 8.14. The van der Waals surface area contributed by atoms with Gasteiger partial charge in [-0.1, -0.05) is 0 Å². The minimum Gasteiger partial charge on any atom is -0.369 e. The minimum absolute atomic E-state index is 0.0346. The molecule has 2 aliphatic rings. The van der Waals surface area contributed by atoms with Gasteiger partial charge in [0.2, 0.25) is 0 Å². The average molecular weight is 355 g/mol. The molecular weight excluding hydrogens is 330 g/mol. The van der Waals surface area contributed by atoms with Gasteiger partial charge in [0.1, 0.15) is 0 Å². The van der Waals surface area contributed by atoms with Gasteiger partial charge in [0.05, 0.1) is 17.9 Å². The third kappa shape index (κ3) is 3.37. The summed E-state index contributed by atoms with van der Waals surface area (Å²) in [6, 6.07) is 4.08. The van der Waals surface area contributed by atoms with E-state index >= 15 is 0 Å². The van der Waals surface area contributed by atoms with E-state index in [9.17, 15) is 4.79 Å². The Balaban J connectivity index is 1.40. The van der Waals surface area contributed by atoms with E-state index in [0.29, 0.717) is 5.69 Å². The van der Waals surface area contributed by atoms with Crippen LogP contribution in [0.2, 0.25) is 0 Å². The molecule has 1 N–H and O–H groups in total. The van der Waals surface area contributed by atoms with E-state index in [0.717, 1.165) is 50.4 Å². The maximum atomic E-state index is 13.0. The van der Waals surface area contributed by atoms with E-state index in [1.165, 1.54) is 5.56 Å². The van der Waals surface area contributed by atoms with E-state index in [1.807, 2.05) is 43.3 Å². The highest BCUT2D eigenvalue weighted by molar-refractivity contribution is 5.94. The molecule has 4 heterocycles. The van der Waals surface area contributed by atoms with Crippen molar-refractivity contribution in [2.75, 3.05) is 26.2 Å². The number of nitrogens with one attached hydrogen (secondary N) is 1. The highest BCUT2D eigenvalue weighted by Crippen LogP contribution is 2.30. The molecule has 2 aliphatic heterocycles. The first-order valence-electron chi connectivity index (χ1n) is 9.25. The number of piperazine rings is 1. The Kier molecular flexibility index (Phi) is 4.74. The summed E-state index contributed by atoms with van der Waals surface area (Å²) in [4.78, 5) is 21.3. The third-order valence-corrected chi connectivity index (χ3v) is 5.25. The number of hydrogen-bond donors (Lipinski definition) is 1. The summed E-state index contributed by atoms with van der Waals surface area (Å²) in [5.41, 5.74) is 3.80. The molecule has 2 aromatic heterocycles. The van der Waals surface area contributed by atoms with E-state index < -0.39 is 0 Å². The van der Waals surface area contributed by atoms with Crippen molar-refractivity contribution in [3.05, 3.63) is 47.0 Å². The number of rotatable bonds is 3. The predicted molar refractivity (Wildman–Crippen MR) is 96.7 cm³/mol. The number of carbonyl (C=O) groups excluding carboxylic acids is 1. The molecule has 0 unspecified atom stereocenters. The predicted octanol–water partition coefficient (Wildman–Crippen LogP) is 1.78. The first-order valence-corrected chi connectivity index (χ1v) is 9.25. The maximum absolute atomic E-state index is 13.0. The molecular formula is C19H25N5O2. The van der Waals surface area contributed by atoms with Crippen molar-refractivity contribution in [1.29, 1.82) is 0 Å². The zero-order valence-corrected chi connectivity index (χ0v) is 15.3. The van der Waals surface area contributed by atoms with Crippen molar-refractivity contribution in [2.24, 2.45) is 0 Å². The molecule has 0 saturated carbocycles. The second-order valence-corrected chi connectivity index (χ2v) is 7.18. The number of hydrogen-bond acceptors (Lipinski definition) is 5.